The van der Waals surface area contributed by atoms with Gasteiger partial charge < -0.3 is 4.42 Å². The zero-order valence-electron chi connectivity index (χ0n) is 7.34. The van der Waals surface area contributed by atoms with Gasteiger partial charge in [0.2, 0.25) is 0 Å². The number of oxazole rings is 1. The minimum Gasteiger partial charge on any atom is -0.447 e. The molecule has 0 aromatic carbocycles. The van der Waals surface area contributed by atoms with E-state index in [2.05, 4.69) is 10.9 Å². The summed E-state index contributed by atoms with van der Waals surface area (Å²) in [5.74, 6) is 4.58. The first-order valence-electron chi connectivity index (χ1n) is 3.84. The van der Waals surface area contributed by atoms with Crippen molar-refractivity contribution in [3.8, 4) is 11.8 Å². The summed E-state index contributed by atoms with van der Waals surface area (Å²) in [4.78, 5) is 3.91. The maximum Gasteiger partial charge on any atom is 0.299 e. The summed E-state index contributed by atoms with van der Waals surface area (Å²) in [5.41, 5.74) is 0.254. The van der Waals surface area contributed by atoms with Gasteiger partial charge in [0.05, 0.1) is 0 Å². The minimum atomic E-state index is -2.63. The van der Waals surface area contributed by atoms with Crippen LogP contribution in [0.1, 0.15) is 31.4 Å². The van der Waals surface area contributed by atoms with E-state index in [-0.39, 0.29) is 11.6 Å². The van der Waals surface area contributed by atoms with Gasteiger partial charge in [0, 0.05) is 5.92 Å². The predicted octanol–water partition coefficient (Wildman–Crippen LogP) is 2.41. The second-order valence-electron chi connectivity index (χ2n) is 2.80. The van der Waals surface area contributed by atoms with Gasteiger partial charge in [-0.05, 0) is 11.8 Å². The Labute approximate surface area is 75.0 Å². The molecular formula is C9H9F2NO. The molecule has 0 saturated heterocycles. The monoisotopic (exact) mass is 185 g/mol. The number of nitrogens with zero attached hydrogens (tertiary/aromatic N) is 1. The highest BCUT2D eigenvalue weighted by Crippen LogP contribution is 2.12. The zero-order chi connectivity index (χ0) is 9.84. The Balaban J connectivity index is 2.77. The van der Waals surface area contributed by atoms with E-state index in [4.69, 9.17) is 4.42 Å². The van der Waals surface area contributed by atoms with Gasteiger partial charge in [-0.2, -0.15) is 8.78 Å². The van der Waals surface area contributed by atoms with E-state index in [9.17, 15) is 8.78 Å². The Kier molecular flexibility index (Phi) is 3.02. The average Bonchev–Trinajstić information content (AvgIpc) is 2.48. The number of rotatable bonds is 1. The van der Waals surface area contributed by atoms with Crippen LogP contribution < -0.4 is 0 Å². The van der Waals surface area contributed by atoms with Crippen molar-refractivity contribution in [1.82, 2.24) is 4.98 Å². The lowest BCUT2D eigenvalue weighted by atomic mass is 10.2. The van der Waals surface area contributed by atoms with Crippen molar-refractivity contribution < 1.29 is 13.2 Å². The molecule has 0 unspecified atom stereocenters. The molecular weight excluding hydrogens is 176 g/mol. The van der Waals surface area contributed by atoms with E-state index >= 15 is 0 Å². The number of hydrogen-bond donors (Lipinski definition) is 0. The standard InChI is InChI=1S/C9H9F2NO/c1-6(2)9-12-7(5-13-9)3-4-8(10)11/h5-6,8H,1-2H3. The first kappa shape index (κ1) is 9.72. The van der Waals surface area contributed by atoms with Crippen LogP contribution in [0.25, 0.3) is 0 Å². The van der Waals surface area contributed by atoms with E-state index in [0.717, 1.165) is 0 Å². The Bertz CT molecular complexity index is 333. The molecule has 0 aliphatic heterocycles. The van der Waals surface area contributed by atoms with Crippen molar-refractivity contribution in [2.45, 2.75) is 26.2 Å². The van der Waals surface area contributed by atoms with Gasteiger partial charge in [-0.25, -0.2) is 4.98 Å². The molecule has 0 radical (unpaired) electrons. The smallest absolute Gasteiger partial charge is 0.299 e. The third-order valence-electron chi connectivity index (χ3n) is 1.33. The van der Waals surface area contributed by atoms with Crippen LogP contribution >= 0.6 is 0 Å². The number of hydrogen-bond acceptors (Lipinski definition) is 2. The van der Waals surface area contributed by atoms with Crippen LogP contribution in [0.4, 0.5) is 8.78 Å². The molecule has 0 N–H and O–H groups in total. The molecule has 1 heterocycles. The maximum absolute atomic E-state index is 11.7. The highest BCUT2D eigenvalue weighted by atomic mass is 19.3. The zero-order valence-corrected chi connectivity index (χ0v) is 7.34. The van der Waals surface area contributed by atoms with Gasteiger partial charge in [-0.15, -0.1) is 0 Å². The fourth-order valence-electron chi connectivity index (χ4n) is 0.739. The summed E-state index contributed by atoms with van der Waals surface area (Å²) in [7, 11) is 0. The highest BCUT2D eigenvalue weighted by Gasteiger charge is 2.05. The minimum absolute atomic E-state index is 0.141. The summed E-state index contributed by atoms with van der Waals surface area (Å²) < 4.78 is 28.3. The lowest BCUT2D eigenvalue weighted by Gasteiger charge is -1.93. The van der Waals surface area contributed by atoms with Gasteiger partial charge in [0.1, 0.15) is 6.26 Å². The molecule has 1 rings (SSSR count). The van der Waals surface area contributed by atoms with Gasteiger partial charge >= 0.3 is 0 Å². The lowest BCUT2D eigenvalue weighted by molar-refractivity contribution is 0.215. The van der Waals surface area contributed by atoms with E-state index in [1.54, 1.807) is 5.92 Å². The van der Waals surface area contributed by atoms with Crippen LogP contribution in [0.2, 0.25) is 0 Å². The van der Waals surface area contributed by atoms with Crippen LogP contribution in [-0.4, -0.2) is 11.4 Å². The van der Waals surface area contributed by atoms with Crippen LogP contribution in [-0.2, 0) is 0 Å². The van der Waals surface area contributed by atoms with Crippen molar-refractivity contribution >= 4 is 0 Å². The molecule has 0 spiro atoms. The van der Waals surface area contributed by atoms with E-state index in [1.165, 1.54) is 6.26 Å². The molecule has 0 saturated carbocycles. The molecule has 70 valence electrons. The number of aromatic nitrogens is 1. The number of alkyl halides is 2. The predicted molar refractivity (Wildman–Crippen MR) is 43.5 cm³/mol. The Morgan fingerprint density at radius 1 is 1.46 bits per heavy atom. The first-order valence-corrected chi connectivity index (χ1v) is 3.84. The van der Waals surface area contributed by atoms with Crippen molar-refractivity contribution in [2.24, 2.45) is 0 Å². The van der Waals surface area contributed by atoms with Gasteiger partial charge in [0.25, 0.3) is 6.43 Å². The molecule has 2 nitrogen and oxygen atoms in total. The topological polar surface area (TPSA) is 26.0 Å². The van der Waals surface area contributed by atoms with E-state index in [0.29, 0.717) is 5.89 Å². The summed E-state index contributed by atoms with van der Waals surface area (Å²) in [6.07, 6.45) is -1.34. The number of halogens is 2. The first-order chi connectivity index (χ1) is 6.09. The highest BCUT2D eigenvalue weighted by molar-refractivity contribution is 5.25. The summed E-state index contributed by atoms with van der Waals surface area (Å²) in [6, 6.07) is 0. The van der Waals surface area contributed by atoms with E-state index < -0.39 is 6.43 Å². The summed E-state index contributed by atoms with van der Waals surface area (Å²) >= 11 is 0. The molecule has 0 bridgehead atoms. The quantitative estimate of drug-likeness (QED) is 0.628. The van der Waals surface area contributed by atoms with Gasteiger partial charge in [0.15, 0.2) is 11.6 Å². The lowest BCUT2D eigenvalue weighted by Crippen LogP contribution is -1.87. The normalized spacial score (nSPS) is 10.3. The van der Waals surface area contributed by atoms with Crippen molar-refractivity contribution in [3.63, 3.8) is 0 Å². The van der Waals surface area contributed by atoms with Crippen LogP contribution in [0.5, 0.6) is 0 Å². The third-order valence-corrected chi connectivity index (χ3v) is 1.33. The molecule has 1 aromatic rings. The van der Waals surface area contributed by atoms with Gasteiger partial charge in [-0.3, -0.25) is 0 Å². The summed E-state index contributed by atoms with van der Waals surface area (Å²) in [6.45, 7) is 3.80. The molecule has 1 aromatic heterocycles. The average molecular weight is 185 g/mol. The van der Waals surface area contributed by atoms with Crippen LogP contribution in [0.15, 0.2) is 10.7 Å². The van der Waals surface area contributed by atoms with E-state index in [1.807, 2.05) is 13.8 Å². The SMILES string of the molecule is CC(C)c1nc(C#CC(F)F)co1. The second kappa shape index (κ2) is 4.04. The van der Waals surface area contributed by atoms with Gasteiger partial charge in [-0.1, -0.05) is 13.8 Å². The molecule has 0 fully saturated rings. The van der Waals surface area contributed by atoms with Crippen LogP contribution in [0, 0.1) is 11.8 Å². The van der Waals surface area contributed by atoms with Crippen molar-refractivity contribution in [3.05, 3.63) is 17.8 Å². The van der Waals surface area contributed by atoms with Crippen molar-refractivity contribution in [2.75, 3.05) is 0 Å². The second-order valence-corrected chi connectivity index (χ2v) is 2.80. The van der Waals surface area contributed by atoms with Crippen molar-refractivity contribution in [1.29, 1.82) is 0 Å². The molecule has 13 heavy (non-hydrogen) atoms. The molecule has 0 atom stereocenters. The molecule has 0 aliphatic rings. The summed E-state index contributed by atoms with van der Waals surface area (Å²) in [5, 5.41) is 0. The molecule has 0 amide bonds. The largest absolute Gasteiger partial charge is 0.447 e. The molecule has 0 aliphatic carbocycles. The Morgan fingerprint density at radius 2 is 2.15 bits per heavy atom. The maximum atomic E-state index is 11.7. The Morgan fingerprint density at radius 3 is 2.62 bits per heavy atom. The fourth-order valence-corrected chi connectivity index (χ4v) is 0.739. The molecule has 4 heteroatoms. The Hall–Kier alpha value is -1.37. The fraction of sp³-hybridized carbons (Fsp3) is 0.444. The van der Waals surface area contributed by atoms with Crippen LogP contribution in [0.3, 0.4) is 0 Å². The third kappa shape index (κ3) is 2.86.